The molecule has 3 saturated carbocycles. The molecule has 0 aromatic heterocycles. The molecule has 5 rings (SSSR count). The lowest BCUT2D eigenvalue weighted by atomic mass is 9.70. The first-order valence-corrected chi connectivity index (χ1v) is 20.1. The fourth-order valence-corrected chi connectivity index (χ4v) is 8.97. The van der Waals surface area contributed by atoms with Crippen molar-refractivity contribution in [2.45, 2.75) is 73.1 Å². The number of carbonyl (C=O) groups is 8. The number of hydrogen-bond donors (Lipinski definition) is 0. The molecule has 2 heterocycles. The molecule has 0 N–H and O–H groups in total. The Labute approximate surface area is 347 Å². The van der Waals surface area contributed by atoms with Crippen LogP contribution in [0.1, 0.15) is 73.1 Å². The summed E-state index contributed by atoms with van der Waals surface area (Å²) in [6.45, 7) is 24.5. The molecule has 5 aliphatic rings. The van der Waals surface area contributed by atoms with Gasteiger partial charge in [0.25, 0.3) is 23.6 Å². The van der Waals surface area contributed by atoms with Gasteiger partial charge in [-0.3, -0.25) is 29.0 Å². The summed E-state index contributed by atoms with van der Waals surface area (Å²) in [6, 6.07) is 0. The van der Waals surface area contributed by atoms with Crippen molar-refractivity contribution in [3.63, 3.8) is 0 Å². The molecule has 0 saturated heterocycles. The van der Waals surface area contributed by atoms with E-state index in [9.17, 15) is 38.4 Å². The minimum absolute atomic E-state index is 0.0325. The zero-order chi connectivity index (χ0) is 44.0. The van der Waals surface area contributed by atoms with E-state index in [4.69, 9.17) is 9.47 Å². The number of nitrogens with zero attached hydrogens (tertiary/aromatic N) is 2. The van der Waals surface area contributed by atoms with Crippen LogP contribution in [0.15, 0.2) is 73.9 Å². The van der Waals surface area contributed by atoms with E-state index in [2.05, 4.69) is 35.8 Å². The summed E-state index contributed by atoms with van der Waals surface area (Å²) in [5.74, 6) is 0.890. The molecule has 2 aliphatic heterocycles. The van der Waals surface area contributed by atoms with Crippen LogP contribution >= 0.6 is 0 Å². The number of carbonyl (C=O) groups excluding carboxylic acids is 8. The number of hydrogen-bond acceptors (Lipinski definition) is 12. The molecule has 0 spiro atoms. The van der Waals surface area contributed by atoms with Crippen molar-refractivity contribution in [2.75, 3.05) is 39.5 Å². The van der Waals surface area contributed by atoms with Gasteiger partial charge in [-0.05, 0) is 81.0 Å². The quantitative estimate of drug-likeness (QED) is 0.0578. The molecule has 0 radical (unpaired) electrons. The van der Waals surface area contributed by atoms with Crippen molar-refractivity contribution >= 4 is 47.5 Å². The maximum absolute atomic E-state index is 11.6. The van der Waals surface area contributed by atoms with Crippen molar-refractivity contribution in [1.82, 2.24) is 9.80 Å². The second-order valence-electron chi connectivity index (χ2n) is 16.7. The number of esters is 4. The van der Waals surface area contributed by atoms with E-state index in [0.29, 0.717) is 67.5 Å². The van der Waals surface area contributed by atoms with Crippen molar-refractivity contribution in [3.8, 4) is 0 Å². The third-order valence-corrected chi connectivity index (χ3v) is 11.5. The molecule has 0 aromatic carbocycles. The van der Waals surface area contributed by atoms with Gasteiger partial charge in [-0.2, -0.15) is 0 Å². The lowest BCUT2D eigenvalue weighted by molar-refractivity contribution is -0.147. The van der Waals surface area contributed by atoms with Crippen LogP contribution in [0.25, 0.3) is 0 Å². The molecular weight excluding hydrogens is 760 g/mol. The fraction of sp³-hybridized carbons (Fsp3) is 0.556. The summed E-state index contributed by atoms with van der Waals surface area (Å²) >= 11 is 0. The van der Waals surface area contributed by atoms with Gasteiger partial charge in [0.1, 0.15) is 13.2 Å². The average Bonchev–Trinajstić information content (AvgIpc) is 4.01. The van der Waals surface area contributed by atoms with Crippen molar-refractivity contribution in [3.05, 3.63) is 73.9 Å². The molecule has 3 aliphatic carbocycles. The second-order valence-corrected chi connectivity index (χ2v) is 16.7. The smallest absolute Gasteiger partial charge is 0.333 e. The van der Waals surface area contributed by atoms with Crippen LogP contribution in [0.4, 0.5) is 0 Å². The highest BCUT2D eigenvalue weighted by molar-refractivity contribution is 6.13. The van der Waals surface area contributed by atoms with Crippen LogP contribution in [-0.2, 0) is 57.3 Å². The van der Waals surface area contributed by atoms with Gasteiger partial charge in [-0.15, -0.1) is 0 Å². The normalized spacial score (nSPS) is 24.0. The zero-order valence-electron chi connectivity index (χ0n) is 35.1. The van der Waals surface area contributed by atoms with Gasteiger partial charge in [0.05, 0.1) is 13.2 Å². The highest BCUT2D eigenvalue weighted by Crippen LogP contribution is 2.63. The maximum Gasteiger partial charge on any atom is 0.333 e. The van der Waals surface area contributed by atoms with E-state index in [-0.39, 0.29) is 60.1 Å². The summed E-state index contributed by atoms with van der Waals surface area (Å²) in [4.78, 5) is 93.3. The Balaban J connectivity index is 0.000000245. The first-order chi connectivity index (χ1) is 27.8. The Hall–Kier alpha value is -5.40. The Morgan fingerprint density at radius 3 is 1.51 bits per heavy atom. The van der Waals surface area contributed by atoms with E-state index < -0.39 is 11.9 Å². The lowest BCUT2D eigenvalue weighted by Gasteiger charge is -2.37. The predicted molar refractivity (Wildman–Crippen MR) is 217 cm³/mol. The Morgan fingerprint density at radius 1 is 0.712 bits per heavy atom. The molecular formula is C45H60N2O12. The summed E-state index contributed by atoms with van der Waals surface area (Å²) in [5.41, 5.74) is 0.404. The molecule has 2 bridgehead atoms. The van der Waals surface area contributed by atoms with Crippen LogP contribution in [0.5, 0.6) is 0 Å². The van der Waals surface area contributed by atoms with Gasteiger partial charge in [-0.25, -0.2) is 19.2 Å². The highest BCUT2D eigenvalue weighted by Gasteiger charge is 2.59. The number of ether oxygens (including phenoxy) is 4. The van der Waals surface area contributed by atoms with Crippen LogP contribution in [-0.4, -0.2) is 96.8 Å². The van der Waals surface area contributed by atoms with E-state index in [1.807, 2.05) is 20.8 Å². The minimum Gasteiger partial charge on any atom is -0.462 e. The van der Waals surface area contributed by atoms with Gasteiger partial charge in [-0.1, -0.05) is 53.5 Å². The van der Waals surface area contributed by atoms with Crippen LogP contribution in [0.3, 0.4) is 0 Å². The average molecular weight is 821 g/mol. The van der Waals surface area contributed by atoms with Crippen LogP contribution in [0.2, 0.25) is 0 Å². The molecule has 0 aromatic rings. The zero-order valence-corrected chi connectivity index (χ0v) is 35.1. The Kier molecular flexibility index (Phi) is 18.0. The molecule has 4 amide bonds. The lowest BCUT2D eigenvalue weighted by Crippen LogP contribution is -2.39. The van der Waals surface area contributed by atoms with Gasteiger partial charge in [0.15, 0.2) is 0 Å². The van der Waals surface area contributed by atoms with E-state index >= 15 is 0 Å². The van der Waals surface area contributed by atoms with Gasteiger partial charge in [0, 0.05) is 72.5 Å². The monoisotopic (exact) mass is 820 g/mol. The standard InChI is InChI=1S/C18H24O4.C17H22N2O4.C10H14O4/c1-3-17(19)21-9-15-13-8-14(12-7-5-6-11(12)13)16(15)10-22-18(20)4-2;1-12(8-9-18-13(20)4-5-14(18)21)10-17(2,3)11-19-15(22)6-7-16(19)23;1-7(2)9(11)13-5-6-14-10(12)8(3)4/h3-4,11-16H,1-2,5-10H2;4-7,12H,8-11H2,1-3H3;1,3,5-6H2,2,4H3. The summed E-state index contributed by atoms with van der Waals surface area (Å²) in [6.07, 6.45) is 14.2. The van der Waals surface area contributed by atoms with Gasteiger partial charge >= 0.3 is 23.9 Å². The molecule has 59 heavy (non-hydrogen) atoms. The highest BCUT2D eigenvalue weighted by atomic mass is 16.6. The van der Waals surface area contributed by atoms with Crippen LogP contribution < -0.4 is 0 Å². The maximum atomic E-state index is 11.6. The Morgan fingerprint density at radius 2 is 1.12 bits per heavy atom. The van der Waals surface area contributed by atoms with Gasteiger partial charge in [0.2, 0.25) is 0 Å². The SMILES string of the molecule is C=C(C)C(=O)OCCOC(=O)C(=C)C.C=CC(=O)OCC1C(COC(=O)C=C)C2CC1C1CCCC12.CC(CCN1C(=O)C=CC1=O)CC(C)(C)CN1C(=O)C=CC1=O. The van der Waals surface area contributed by atoms with E-state index in [0.717, 1.165) is 18.3 Å². The molecule has 7 unspecified atom stereocenters. The third kappa shape index (κ3) is 13.9. The molecule has 7 atom stereocenters. The summed E-state index contributed by atoms with van der Waals surface area (Å²) in [7, 11) is 0. The number of imide groups is 2. The van der Waals surface area contributed by atoms with Crippen molar-refractivity contribution < 1.29 is 57.3 Å². The number of amides is 4. The minimum atomic E-state index is -0.489. The number of rotatable bonds is 18. The van der Waals surface area contributed by atoms with Crippen LogP contribution in [0, 0.1) is 46.8 Å². The van der Waals surface area contributed by atoms with E-state index in [1.165, 1.54) is 71.9 Å². The third-order valence-electron chi connectivity index (χ3n) is 11.5. The molecule has 322 valence electrons. The van der Waals surface area contributed by atoms with E-state index in [1.54, 1.807) is 13.8 Å². The first kappa shape index (κ1) is 48.0. The number of fused-ring (bicyclic) bond motifs is 5. The predicted octanol–water partition coefficient (Wildman–Crippen LogP) is 5.25. The first-order valence-electron chi connectivity index (χ1n) is 20.1. The van der Waals surface area contributed by atoms with Gasteiger partial charge < -0.3 is 18.9 Å². The topological polar surface area (TPSA) is 180 Å². The largest absolute Gasteiger partial charge is 0.462 e. The van der Waals surface area contributed by atoms with Crippen molar-refractivity contribution in [2.24, 2.45) is 46.8 Å². The summed E-state index contributed by atoms with van der Waals surface area (Å²) in [5, 5.41) is 0. The second kappa shape index (κ2) is 22.1. The summed E-state index contributed by atoms with van der Waals surface area (Å²) < 4.78 is 20.0. The molecule has 3 fully saturated rings. The van der Waals surface area contributed by atoms with Crippen molar-refractivity contribution in [1.29, 1.82) is 0 Å². The molecule has 14 heteroatoms. The Bertz CT molecular complexity index is 1630. The molecule has 14 nitrogen and oxygen atoms in total. The fourth-order valence-electron chi connectivity index (χ4n) is 8.97.